The molecule has 1 aliphatic rings. The molecule has 0 N–H and O–H groups in total. The van der Waals surface area contributed by atoms with Crippen molar-refractivity contribution in [2.45, 2.75) is 58.8 Å². The van der Waals surface area contributed by atoms with E-state index in [-0.39, 0.29) is 5.92 Å². The van der Waals surface area contributed by atoms with Crippen LogP contribution in [0.15, 0.2) is 18.2 Å². The van der Waals surface area contributed by atoms with E-state index in [0.29, 0.717) is 18.3 Å². The summed E-state index contributed by atoms with van der Waals surface area (Å²) < 4.78 is 5.67. The fraction of sp³-hybridized carbons (Fsp3) is 0.611. The fourth-order valence-corrected chi connectivity index (χ4v) is 3.04. The van der Waals surface area contributed by atoms with Gasteiger partial charge < -0.3 is 4.74 Å². The normalized spacial score (nSPS) is 16.4. The highest BCUT2D eigenvalue weighted by Gasteiger charge is 2.23. The number of carbonyl (C=O) groups is 1. The van der Waals surface area contributed by atoms with Crippen LogP contribution in [0.25, 0.3) is 0 Å². The molecular formula is C18H26O2. The first kappa shape index (κ1) is 15.1. The monoisotopic (exact) mass is 274 g/mol. The first-order valence-electron chi connectivity index (χ1n) is 7.94. The zero-order chi connectivity index (χ0) is 14.5. The second-order valence-corrected chi connectivity index (χ2v) is 6.04. The molecule has 1 fully saturated rings. The Bertz CT molecular complexity index is 456. The summed E-state index contributed by atoms with van der Waals surface area (Å²) in [5.41, 5.74) is 2.01. The van der Waals surface area contributed by atoms with E-state index in [1.165, 1.54) is 19.3 Å². The fourth-order valence-electron chi connectivity index (χ4n) is 3.04. The molecule has 0 saturated heterocycles. The van der Waals surface area contributed by atoms with Crippen LogP contribution in [0.5, 0.6) is 5.75 Å². The van der Waals surface area contributed by atoms with Crippen LogP contribution in [0.1, 0.15) is 74.7 Å². The zero-order valence-electron chi connectivity index (χ0n) is 12.9. The SMILES string of the molecule is CCOc1ccc(C(=O)C2CCCCC2)cc1C(C)C. The Kier molecular flexibility index (Phi) is 5.22. The molecule has 110 valence electrons. The van der Waals surface area contributed by atoms with Gasteiger partial charge in [-0.25, -0.2) is 0 Å². The minimum atomic E-state index is 0.238. The number of hydrogen-bond acceptors (Lipinski definition) is 2. The van der Waals surface area contributed by atoms with Crippen molar-refractivity contribution in [2.24, 2.45) is 5.92 Å². The number of ether oxygens (including phenoxy) is 1. The summed E-state index contributed by atoms with van der Waals surface area (Å²) >= 11 is 0. The van der Waals surface area contributed by atoms with Crippen LogP contribution in [0.3, 0.4) is 0 Å². The van der Waals surface area contributed by atoms with E-state index < -0.39 is 0 Å². The van der Waals surface area contributed by atoms with Crippen LogP contribution in [0.2, 0.25) is 0 Å². The molecule has 1 aromatic rings. The van der Waals surface area contributed by atoms with E-state index >= 15 is 0 Å². The Morgan fingerprint density at radius 2 is 1.95 bits per heavy atom. The quantitative estimate of drug-likeness (QED) is 0.708. The smallest absolute Gasteiger partial charge is 0.165 e. The molecule has 2 heteroatoms. The summed E-state index contributed by atoms with van der Waals surface area (Å²) in [5, 5.41) is 0. The maximum atomic E-state index is 12.6. The van der Waals surface area contributed by atoms with E-state index in [9.17, 15) is 4.79 Å². The molecule has 1 saturated carbocycles. The Labute approximate surface area is 122 Å². The molecule has 1 aliphatic carbocycles. The molecule has 1 aromatic carbocycles. The van der Waals surface area contributed by atoms with Crippen molar-refractivity contribution in [2.75, 3.05) is 6.61 Å². The molecule has 2 rings (SSSR count). The molecular weight excluding hydrogens is 248 g/mol. The second kappa shape index (κ2) is 6.92. The Hall–Kier alpha value is -1.31. The lowest BCUT2D eigenvalue weighted by atomic mass is 9.83. The van der Waals surface area contributed by atoms with Gasteiger partial charge in [0.1, 0.15) is 5.75 Å². The summed E-state index contributed by atoms with van der Waals surface area (Å²) in [6, 6.07) is 5.95. The van der Waals surface area contributed by atoms with Crippen molar-refractivity contribution in [1.29, 1.82) is 0 Å². The van der Waals surface area contributed by atoms with Crippen molar-refractivity contribution < 1.29 is 9.53 Å². The number of carbonyl (C=O) groups excluding carboxylic acids is 1. The van der Waals surface area contributed by atoms with Crippen LogP contribution in [-0.4, -0.2) is 12.4 Å². The number of rotatable bonds is 5. The average molecular weight is 274 g/mol. The third-order valence-electron chi connectivity index (χ3n) is 4.19. The second-order valence-electron chi connectivity index (χ2n) is 6.04. The van der Waals surface area contributed by atoms with E-state index in [2.05, 4.69) is 13.8 Å². The first-order valence-corrected chi connectivity index (χ1v) is 7.94. The number of hydrogen-bond donors (Lipinski definition) is 0. The lowest BCUT2D eigenvalue weighted by Gasteiger charge is -2.21. The van der Waals surface area contributed by atoms with Gasteiger partial charge in [0.2, 0.25) is 0 Å². The van der Waals surface area contributed by atoms with Crippen molar-refractivity contribution in [3.05, 3.63) is 29.3 Å². The van der Waals surface area contributed by atoms with Crippen molar-refractivity contribution in [3.63, 3.8) is 0 Å². The van der Waals surface area contributed by atoms with Crippen molar-refractivity contribution in [3.8, 4) is 5.75 Å². The molecule has 0 unspecified atom stereocenters. The summed E-state index contributed by atoms with van der Waals surface area (Å²) in [5.74, 6) is 1.86. The number of benzene rings is 1. The van der Waals surface area contributed by atoms with Crippen LogP contribution in [-0.2, 0) is 0 Å². The molecule has 2 nitrogen and oxygen atoms in total. The van der Waals surface area contributed by atoms with Crippen LogP contribution in [0.4, 0.5) is 0 Å². The lowest BCUT2D eigenvalue weighted by molar-refractivity contribution is 0.0889. The molecule has 0 aromatic heterocycles. The van der Waals surface area contributed by atoms with Gasteiger partial charge in [0.15, 0.2) is 5.78 Å². The number of Topliss-reactive ketones (excluding diaryl/α,β-unsaturated/α-hetero) is 1. The van der Waals surface area contributed by atoms with Gasteiger partial charge >= 0.3 is 0 Å². The molecule has 0 amide bonds. The third-order valence-corrected chi connectivity index (χ3v) is 4.19. The van der Waals surface area contributed by atoms with Gasteiger partial charge in [-0.2, -0.15) is 0 Å². The molecule has 0 aliphatic heterocycles. The minimum absolute atomic E-state index is 0.238. The minimum Gasteiger partial charge on any atom is -0.494 e. The van der Waals surface area contributed by atoms with Gasteiger partial charge in [-0.1, -0.05) is 33.1 Å². The van der Waals surface area contributed by atoms with Crippen LogP contribution in [0, 0.1) is 5.92 Å². The molecule has 0 bridgehead atoms. The topological polar surface area (TPSA) is 26.3 Å². The Balaban J connectivity index is 2.23. The van der Waals surface area contributed by atoms with E-state index in [0.717, 1.165) is 29.7 Å². The summed E-state index contributed by atoms with van der Waals surface area (Å²) in [4.78, 5) is 12.6. The van der Waals surface area contributed by atoms with Gasteiger partial charge in [0.05, 0.1) is 6.61 Å². The highest BCUT2D eigenvalue weighted by molar-refractivity contribution is 5.98. The van der Waals surface area contributed by atoms with Gasteiger partial charge in [-0.15, -0.1) is 0 Å². The predicted octanol–water partition coefficient (Wildman–Crippen LogP) is 4.97. The molecule has 0 atom stereocenters. The summed E-state index contributed by atoms with van der Waals surface area (Å²) in [6.07, 6.45) is 5.80. The van der Waals surface area contributed by atoms with Crippen LogP contribution >= 0.6 is 0 Å². The predicted molar refractivity (Wildman–Crippen MR) is 82.6 cm³/mol. The van der Waals surface area contributed by atoms with E-state index in [1.54, 1.807) is 0 Å². The van der Waals surface area contributed by atoms with Gasteiger partial charge in [-0.05, 0) is 49.4 Å². The van der Waals surface area contributed by atoms with Crippen molar-refractivity contribution in [1.82, 2.24) is 0 Å². The summed E-state index contributed by atoms with van der Waals surface area (Å²) in [6.45, 7) is 6.94. The Morgan fingerprint density at radius 1 is 1.25 bits per heavy atom. The van der Waals surface area contributed by atoms with Gasteiger partial charge in [0, 0.05) is 11.5 Å². The lowest BCUT2D eigenvalue weighted by Crippen LogP contribution is -2.18. The standard InChI is InChI=1S/C18H26O2/c1-4-20-17-11-10-15(12-16(17)13(2)3)18(19)14-8-6-5-7-9-14/h10-14H,4-9H2,1-3H3. The first-order chi connectivity index (χ1) is 9.63. The molecule has 0 radical (unpaired) electrons. The maximum absolute atomic E-state index is 12.6. The molecule has 0 heterocycles. The highest BCUT2D eigenvalue weighted by Crippen LogP contribution is 2.31. The van der Waals surface area contributed by atoms with E-state index in [4.69, 9.17) is 4.74 Å². The third kappa shape index (κ3) is 3.41. The van der Waals surface area contributed by atoms with Gasteiger partial charge in [-0.3, -0.25) is 4.79 Å². The number of ketones is 1. The highest BCUT2D eigenvalue weighted by atomic mass is 16.5. The summed E-state index contributed by atoms with van der Waals surface area (Å²) in [7, 11) is 0. The maximum Gasteiger partial charge on any atom is 0.165 e. The molecule has 20 heavy (non-hydrogen) atoms. The van der Waals surface area contributed by atoms with Crippen LogP contribution < -0.4 is 4.74 Å². The van der Waals surface area contributed by atoms with Gasteiger partial charge in [0.25, 0.3) is 0 Å². The average Bonchev–Trinajstić information content (AvgIpc) is 2.48. The zero-order valence-corrected chi connectivity index (χ0v) is 12.9. The van der Waals surface area contributed by atoms with E-state index in [1.807, 2.05) is 25.1 Å². The largest absolute Gasteiger partial charge is 0.494 e. The van der Waals surface area contributed by atoms with Crippen molar-refractivity contribution >= 4 is 5.78 Å². The Morgan fingerprint density at radius 3 is 2.55 bits per heavy atom. The molecule has 0 spiro atoms.